The van der Waals surface area contributed by atoms with Crippen molar-refractivity contribution >= 4 is 17.5 Å². The summed E-state index contributed by atoms with van der Waals surface area (Å²) in [5.74, 6) is -0.231. The van der Waals surface area contributed by atoms with Crippen molar-refractivity contribution in [1.29, 1.82) is 0 Å². The molecule has 1 aliphatic rings. The SMILES string of the molecule is Cc1cc(C)c(N2CC(C(=O)N(C)CC(C)(C)CN)CC2=O)c(C)c1. The fourth-order valence-corrected chi connectivity index (χ4v) is 3.78. The van der Waals surface area contributed by atoms with Gasteiger partial charge in [0.05, 0.1) is 5.92 Å². The molecular formula is C20H31N3O2. The molecule has 0 saturated carbocycles. The van der Waals surface area contributed by atoms with Gasteiger partial charge in [0.2, 0.25) is 11.8 Å². The van der Waals surface area contributed by atoms with Crippen LogP contribution in [0.2, 0.25) is 0 Å². The first-order valence-electron chi connectivity index (χ1n) is 8.89. The maximum absolute atomic E-state index is 12.8. The third-order valence-electron chi connectivity index (χ3n) is 4.97. The van der Waals surface area contributed by atoms with Crippen LogP contribution in [0.3, 0.4) is 0 Å². The van der Waals surface area contributed by atoms with E-state index < -0.39 is 0 Å². The molecule has 2 N–H and O–H groups in total. The zero-order valence-electron chi connectivity index (χ0n) is 16.3. The number of amides is 2. The summed E-state index contributed by atoms with van der Waals surface area (Å²) in [6.45, 7) is 11.7. The van der Waals surface area contributed by atoms with E-state index in [0.717, 1.165) is 16.8 Å². The number of rotatable bonds is 5. The smallest absolute Gasteiger partial charge is 0.227 e. The number of benzene rings is 1. The lowest BCUT2D eigenvalue weighted by Gasteiger charge is -2.30. The molecule has 25 heavy (non-hydrogen) atoms. The summed E-state index contributed by atoms with van der Waals surface area (Å²) in [4.78, 5) is 28.9. The minimum Gasteiger partial charge on any atom is -0.345 e. The van der Waals surface area contributed by atoms with Gasteiger partial charge in [0.15, 0.2) is 0 Å². The molecule has 1 saturated heterocycles. The van der Waals surface area contributed by atoms with Crippen molar-refractivity contribution in [2.24, 2.45) is 17.1 Å². The Morgan fingerprint density at radius 1 is 1.28 bits per heavy atom. The topological polar surface area (TPSA) is 66.6 Å². The highest BCUT2D eigenvalue weighted by Crippen LogP contribution is 2.32. The lowest BCUT2D eigenvalue weighted by Crippen LogP contribution is -2.42. The van der Waals surface area contributed by atoms with Crippen molar-refractivity contribution in [3.63, 3.8) is 0 Å². The van der Waals surface area contributed by atoms with E-state index in [1.807, 2.05) is 27.7 Å². The van der Waals surface area contributed by atoms with Gasteiger partial charge in [-0.3, -0.25) is 9.59 Å². The van der Waals surface area contributed by atoms with Gasteiger partial charge in [0.1, 0.15) is 0 Å². The quantitative estimate of drug-likeness (QED) is 0.891. The number of nitrogens with two attached hydrogens (primary N) is 1. The molecule has 1 heterocycles. The molecule has 1 fully saturated rings. The van der Waals surface area contributed by atoms with Crippen LogP contribution >= 0.6 is 0 Å². The fraction of sp³-hybridized carbons (Fsp3) is 0.600. The van der Waals surface area contributed by atoms with Gasteiger partial charge in [-0.15, -0.1) is 0 Å². The van der Waals surface area contributed by atoms with Gasteiger partial charge >= 0.3 is 0 Å². The summed E-state index contributed by atoms with van der Waals surface area (Å²) >= 11 is 0. The summed E-state index contributed by atoms with van der Waals surface area (Å²) < 4.78 is 0. The molecule has 1 atom stereocenters. The van der Waals surface area contributed by atoms with Crippen LogP contribution in [0.4, 0.5) is 5.69 Å². The highest BCUT2D eigenvalue weighted by Gasteiger charge is 2.38. The number of aryl methyl sites for hydroxylation is 3. The van der Waals surface area contributed by atoms with E-state index in [1.165, 1.54) is 5.56 Å². The number of hydrogen-bond donors (Lipinski definition) is 1. The lowest BCUT2D eigenvalue weighted by atomic mass is 9.92. The summed E-state index contributed by atoms with van der Waals surface area (Å²) in [5, 5.41) is 0. The van der Waals surface area contributed by atoms with Gasteiger partial charge in [-0.05, 0) is 43.9 Å². The maximum atomic E-state index is 12.8. The molecule has 1 aliphatic heterocycles. The highest BCUT2D eigenvalue weighted by molar-refractivity contribution is 6.01. The predicted molar refractivity (Wildman–Crippen MR) is 102 cm³/mol. The zero-order valence-corrected chi connectivity index (χ0v) is 16.3. The van der Waals surface area contributed by atoms with Crippen LogP contribution in [0, 0.1) is 32.1 Å². The van der Waals surface area contributed by atoms with E-state index >= 15 is 0 Å². The Bertz CT molecular complexity index is 659. The minimum atomic E-state index is -0.286. The monoisotopic (exact) mass is 345 g/mol. The molecule has 1 aromatic rings. The number of hydrogen-bond acceptors (Lipinski definition) is 3. The summed E-state index contributed by atoms with van der Waals surface area (Å²) in [6, 6.07) is 4.17. The average Bonchev–Trinajstić information content (AvgIpc) is 2.87. The first kappa shape index (κ1) is 19.4. The maximum Gasteiger partial charge on any atom is 0.227 e. The Labute approximate surface area is 151 Å². The molecule has 1 unspecified atom stereocenters. The van der Waals surface area contributed by atoms with E-state index in [-0.39, 0.29) is 29.6 Å². The largest absolute Gasteiger partial charge is 0.345 e. The summed E-state index contributed by atoms with van der Waals surface area (Å²) in [7, 11) is 1.80. The van der Waals surface area contributed by atoms with Crippen molar-refractivity contribution in [1.82, 2.24) is 4.90 Å². The summed E-state index contributed by atoms with van der Waals surface area (Å²) in [5.41, 5.74) is 9.94. The second kappa shape index (κ2) is 7.16. The second-order valence-electron chi connectivity index (χ2n) is 8.22. The van der Waals surface area contributed by atoms with Crippen LogP contribution in [0.25, 0.3) is 0 Å². The van der Waals surface area contributed by atoms with E-state index in [4.69, 9.17) is 5.73 Å². The standard InChI is InChI=1S/C20H31N3O2/c1-13-7-14(2)18(15(3)8-13)23-10-16(9-17(23)24)19(25)22(6)12-20(4,5)11-21/h7-8,16H,9-12,21H2,1-6H3. The number of carbonyl (C=O) groups is 2. The normalized spacial score (nSPS) is 18.0. The van der Waals surface area contributed by atoms with Crippen molar-refractivity contribution in [2.75, 3.05) is 31.6 Å². The molecule has 0 spiro atoms. The van der Waals surface area contributed by atoms with Gasteiger partial charge < -0.3 is 15.5 Å². The fourth-order valence-electron chi connectivity index (χ4n) is 3.78. The van der Waals surface area contributed by atoms with Crippen LogP contribution in [0.15, 0.2) is 12.1 Å². The van der Waals surface area contributed by atoms with Crippen LogP contribution in [-0.4, -0.2) is 43.4 Å². The van der Waals surface area contributed by atoms with Crippen molar-refractivity contribution in [3.8, 4) is 0 Å². The molecule has 5 heteroatoms. The zero-order chi connectivity index (χ0) is 18.9. The van der Waals surface area contributed by atoms with Crippen LogP contribution in [-0.2, 0) is 9.59 Å². The third kappa shape index (κ3) is 4.21. The minimum absolute atomic E-state index is 0.0276. The molecule has 2 rings (SSSR count). The van der Waals surface area contributed by atoms with E-state index in [9.17, 15) is 9.59 Å². The summed E-state index contributed by atoms with van der Waals surface area (Å²) in [6.07, 6.45) is 0.277. The number of carbonyl (C=O) groups excluding carboxylic acids is 2. The van der Waals surface area contributed by atoms with Gasteiger partial charge in [-0.2, -0.15) is 0 Å². The van der Waals surface area contributed by atoms with E-state index in [0.29, 0.717) is 19.6 Å². The van der Waals surface area contributed by atoms with Gasteiger partial charge in [0, 0.05) is 32.2 Å². The Balaban J connectivity index is 2.16. The van der Waals surface area contributed by atoms with Crippen molar-refractivity contribution in [2.45, 2.75) is 41.0 Å². The van der Waals surface area contributed by atoms with Crippen LogP contribution < -0.4 is 10.6 Å². The molecular weight excluding hydrogens is 314 g/mol. The number of nitrogens with zero attached hydrogens (tertiary/aromatic N) is 2. The van der Waals surface area contributed by atoms with E-state index in [1.54, 1.807) is 16.8 Å². The molecule has 0 bridgehead atoms. The molecule has 0 radical (unpaired) electrons. The molecule has 1 aromatic carbocycles. The Morgan fingerprint density at radius 3 is 2.36 bits per heavy atom. The Kier molecular flexibility index (Phi) is 5.57. The lowest BCUT2D eigenvalue weighted by molar-refractivity contribution is -0.135. The Morgan fingerprint density at radius 2 is 1.84 bits per heavy atom. The van der Waals surface area contributed by atoms with Gasteiger partial charge in [-0.1, -0.05) is 31.5 Å². The first-order valence-corrected chi connectivity index (χ1v) is 8.89. The van der Waals surface area contributed by atoms with Crippen molar-refractivity contribution in [3.05, 3.63) is 28.8 Å². The van der Waals surface area contributed by atoms with Crippen molar-refractivity contribution < 1.29 is 9.59 Å². The Hall–Kier alpha value is -1.88. The van der Waals surface area contributed by atoms with Crippen LogP contribution in [0.1, 0.15) is 37.0 Å². The second-order valence-corrected chi connectivity index (χ2v) is 8.22. The van der Waals surface area contributed by atoms with E-state index in [2.05, 4.69) is 19.1 Å². The average molecular weight is 345 g/mol. The van der Waals surface area contributed by atoms with Gasteiger partial charge in [0.25, 0.3) is 0 Å². The molecule has 2 amide bonds. The molecule has 0 aromatic heterocycles. The van der Waals surface area contributed by atoms with Gasteiger partial charge in [-0.25, -0.2) is 0 Å². The first-order chi connectivity index (χ1) is 11.6. The number of anilines is 1. The molecule has 138 valence electrons. The highest BCUT2D eigenvalue weighted by atomic mass is 16.2. The third-order valence-corrected chi connectivity index (χ3v) is 4.97. The van der Waals surface area contributed by atoms with Crippen LogP contribution in [0.5, 0.6) is 0 Å². The predicted octanol–water partition coefficient (Wildman–Crippen LogP) is 2.41. The molecule has 5 nitrogen and oxygen atoms in total. The molecule has 0 aliphatic carbocycles.